The van der Waals surface area contributed by atoms with Crippen molar-refractivity contribution in [2.45, 2.75) is 18.8 Å². The number of thioether (sulfide) groups is 1. The highest BCUT2D eigenvalue weighted by atomic mass is 79.9. The van der Waals surface area contributed by atoms with Crippen LogP contribution in [0.25, 0.3) is 6.08 Å². The van der Waals surface area contributed by atoms with Crippen molar-refractivity contribution < 1.29 is 4.79 Å². The molecule has 0 spiro atoms. The number of anilines is 1. The largest absolute Gasteiger partial charge is 0.357 e. The highest BCUT2D eigenvalue weighted by molar-refractivity contribution is 9.11. The van der Waals surface area contributed by atoms with E-state index < -0.39 is 0 Å². The number of aryl methyl sites for hydroxylation is 1. The van der Waals surface area contributed by atoms with Crippen LogP contribution in [-0.2, 0) is 11.2 Å². The molecule has 1 atom stereocenters. The molecule has 1 aromatic heterocycles. The molecule has 3 nitrogen and oxygen atoms in total. The minimum absolute atomic E-state index is 0.0304. The molecule has 1 aliphatic heterocycles. The van der Waals surface area contributed by atoms with E-state index in [1.54, 1.807) is 11.3 Å². The Morgan fingerprint density at radius 1 is 1.27 bits per heavy atom. The topological polar surface area (TPSA) is 41.1 Å². The fraction of sp³-hybridized carbons (Fsp3) is 0.188. The van der Waals surface area contributed by atoms with Gasteiger partial charge in [0.15, 0.2) is 5.50 Å². The van der Waals surface area contributed by atoms with Crippen molar-refractivity contribution in [2.75, 3.05) is 5.32 Å². The number of benzene rings is 1. The van der Waals surface area contributed by atoms with Crippen molar-refractivity contribution >= 4 is 56.7 Å². The van der Waals surface area contributed by atoms with E-state index in [0.717, 1.165) is 25.7 Å². The van der Waals surface area contributed by atoms with Crippen LogP contribution in [0.3, 0.4) is 0 Å². The summed E-state index contributed by atoms with van der Waals surface area (Å²) in [5, 5.41) is 6.27. The standard InChI is InChI=1S/C16H15BrN2OS2/c1-2-10-3-5-11(6-4-10)18-16-19-15(20)13(22-16)9-12-7-8-14(17)21-12/h3-9,16,18H,2H2,1H3,(H,19,20)/b13-9-/t16-/m0/s1. The Bertz CT molecular complexity index is 709. The molecule has 2 aromatic rings. The smallest absolute Gasteiger partial charge is 0.260 e. The molecule has 0 saturated carbocycles. The fourth-order valence-corrected chi connectivity index (χ4v) is 4.51. The predicted molar refractivity (Wildman–Crippen MR) is 99.0 cm³/mol. The van der Waals surface area contributed by atoms with Gasteiger partial charge in [-0.15, -0.1) is 11.3 Å². The molecule has 114 valence electrons. The van der Waals surface area contributed by atoms with Crippen molar-refractivity contribution in [1.82, 2.24) is 5.32 Å². The van der Waals surface area contributed by atoms with Gasteiger partial charge in [0.1, 0.15) is 0 Å². The van der Waals surface area contributed by atoms with E-state index in [-0.39, 0.29) is 11.4 Å². The van der Waals surface area contributed by atoms with Crippen molar-refractivity contribution in [3.05, 3.63) is 55.5 Å². The number of hydrogen-bond donors (Lipinski definition) is 2. The van der Waals surface area contributed by atoms with E-state index in [4.69, 9.17) is 0 Å². The van der Waals surface area contributed by atoms with E-state index in [9.17, 15) is 4.79 Å². The third-order valence-electron chi connectivity index (χ3n) is 3.26. The summed E-state index contributed by atoms with van der Waals surface area (Å²) < 4.78 is 1.06. The van der Waals surface area contributed by atoms with Gasteiger partial charge in [-0.25, -0.2) is 0 Å². The second-order valence-electron chi connectivity index (χ2n) is 4.82. The average Bonchev–Trinajstić information content (AvgIpc) is 3.06. The van der Waals surface area contributed by atoms with Crippen molar-refractivity contribution in [3.8, 4) is 0 Å². The maximum absolute atomic E-state index is 12.0. The zero-order valence-corrected chi connectivity index (χ0v) is 15.1. The average molecular weight is 395 g/mol. The summed E-state index contributed by atoms with van der Waals surface area (Å²) in [4.78, 5) is 13.8. The molecule has 0 bridgehead atoms. The third kappa shape index (κ3) is 3.74. The van der Waals surface area contributed by atoms with Crippen LogP contribution in [0.2, 0.25) is 0 Å². The van der Waals surface area contributed by atoms with E-state index >= 15 is 0 Å². The monoisotopic (exact) mass is 394 g/mol. The molecule has 1 aromatic carbocycles. The number of rotatable bonds is 4. The quantitative estimate of drug-likeness (QED) is 0.739. The van der Waals surface area contributed by atoms with Gasteiger partial charge in [-0.05, 0) is 58.3 Å². The van der Waals surface area contributed by atoms with Crippen LogP contribution in [-0.4, -0.2) is 11.4 Å². The molecule has 1 aliphatic rings. The second-order valence-corrected chi connectivity index (χ2v) is 8.46. The molecule has 1 fully saturated rings. The fourth-order valence-electron chi connectivity index (χ4n) is 2.09. The summed E-state index contributed by atoms with van der Waals surface area (Å²) in [6, 6.07) is 12.3. The van der Waals surface area contributed by atoms with E-state index in [1.807, 2.05) is 30.3 Å². The Kier molecular flexibility index (Phi) is 4.90. The number of carbonyl (C=O) groups is 1. The molecule has 0 unspecified atom stereocenters. The van der Waals surface area contributed by atoms with Crippen molar-refractivity contribution in [2.24, 2.45) is 0 Å². The Balaban J connectivity index is 1.67. The minimum Gasteiger partial charge on any atom is -0.357 e. The van der Waals surface area contributed by atoms with Gasteiger partial charge in [-0.3, -0.25) is 4.79 Å². The number of thiophene rings is 1. The Morgan fingerprint density at radius 2 is 2.05 bits per heavy atom. The first-order valence-corrected chi connectivity index (χ1v) is 9.43. The summed E-state index contributed by atoms with van der Waals surface area (Å²) in [5.41, 5.74) is 2.18. The summed E-state index contributed by atoms with van der Waals surface area (Å²) in [6.07, 6.45) is 2.95. The molecule has 22 heavy (non-hydrogen) atoms. The van der Waals surface area contributed by atoms with Gasteiger partial charge >= 0.3 is 0 Å². The maximum Gasteiger partial charge on any atom is 0.260 e. The normalized spacial score (nSPS) is 19.5. The molecular formula is C16H15BrN2OS2. The lowest BCUT2D eigenvalue weighted by atomic mass is 10.1. The zero-order valence-electron chi connectivity index (χ0n) is 11.9. The number of carbonyl (C=O) groups excluding carboxylic acids is 1. The number of nitrogens with one attached hydrogen (secondary N) is 2. The number of hydrogen-bond acceptors (Lipinski definition) is 4. The third-order valence-corrected chi connectivity index (χ3v) is 5.86. The minimum atomic E-state index is -0.130. The molecule has 2 heterocycles. The van der Waals surface area contributed by atoms with Gasteiger partial charge in [0, 0.05) is 10.6 Å². The summed E-state index contributed by atoms with van der Waals surface area (Å²) in [7, 11) is 0. The molecule has 1 amide bonds. The molecule has 6 heteroatoms. The molecule has 1 saturated heterocycles. The van der Waals surface area contributed by atoms with E-state index in [2.05, 4.69) is 45.6 Å². The summed E-state index contributed by atoms with van der Waals surface area (Å²) in [5.74, 6) is -0.0304. The predicted octanol–water partition coefficient (Wildman–Crippen LogP) is 4.67. The first-order chi connectivity index (χ1) is 10.6. The van der Waals surface area contributed by atoms with Gasteiger partial charge < -0.3 is 10.6 Å². The van der Waals surface area contributed by atoms with Crippen molar-refractivity contribution in [1.29, 1.82) is 0 Å². The van der Waals surface area contributed by atoms with Crippen LogP contribution in [0.5, 0.6) is 0 Å². The van der Waals surface area contributed by atoms with Gasteiger partial charge in [-0.1, -0.05) is 30.8 Å². The number of halogens is 1. The van der Waals surface area contributed by atoms with Gasteiger partial charge in [0.05, 0.1) is 8.69 Å². The SMILES string of the molecule is CCc1ccc(N[C@H]2NC(=O)/C(=C/c3ccc(Br)s3)S2)cc1. The van der Waals surface area contributed by atoms with E-state index in [1.165, 1.54) is 17.3 Å². The summed E-state index contributed by atoms with van der Waals surface area (Å²) in [6.45, 7) is 2.13. The van der Waals surface area contributed by atoms with Gasteiger partial charge in [0.2, 0.25) is 0 Å². The second kappa shape index (κ2) is 6.89. The highest BCUT2D eigenvalue weighted by Crippen LogP contribution is 2.32. The van der Waals surface area contributed by atoms with Crippen LogP contribution in [0, 0.1) is 0 Å². The lowest BCUT2D eigenvalue weighted by molar-refractivity contribution is -0.116. The molecule has 0 aliphatic carbocycles. The molecular weight excluding hydrogens is 380 g/mol. The van der Waals surface area contributed by atoms with E-state index in [0.29, 0.717) is 0 Å². The Morgan fingerprint density at radius 3 is 2.68 bits per heavy atom. The molecule has 2 N–H and O–H groups in total. The highest BCUT2D eigenvalue weighted by Gasteiger charge is 2.27. The van der Waals surface area contributed by atoms with Crippen LogP contribution in [0.1, 0.15) is 17.4 Å². The lowest BCUT2D eigenvalue weighted by Crippen LogP contribution is -2.30. The molecule has 3 rings (SSSR count). The van der Waals surface area contributed by atoms with Crippen LogP contribution in [0.15, 0.2) is 45.1 Å². The zero-order chi connectivity index (χ0) is 15.5. The Labute approximate surface area is 146 Å². The van der Waals surface area contributed by atoms with Gasteiger partial charge in [-0.2, -0.15) is 0 Å². The summed E-state index contributed by atoms with van der Waals surface area (Å²) >= 11 is 6.55. The van der Waals surface area contributed by atoms with Gasteiger partial charge in [0.25, 0.3) is 5.91 Å². The molecule has 0 radical (unpaired) electrons. The van der Waals surface area contributed by atoms with Crippen LogP contribution in [0.4, 0.5) is 5.69 Å². The number of amides is 1. The first-order valence-electron chi connectivity index (χ1n) is 6.94. The van der Waals surface area contributed by atoms with Crippen LogP contribution < -0.4 is 10.6 Å². The van der Waals surface area contributed by atoms with Crippen molar-refractivity contribution in [3.63, 3.8) is 0 Å². The maximum atomic E-state index is 12.0. The van der Waals surface area contributed by atoms with Crippen LogP contribution >= 0.6 is 39.0 Å². The first kappa shape index (κ1) is 15.6. The Hall–Kier alpha value is -1.24. The lowest BCUT2D eigenvalue weighted by Gasteiger charge is -2.12.